The van der Waals surface area contributed by atoms with E-state index >= 15 is 0 Å². The zero-order valence-corrected chi connectivity index (χ0v) is 13.3. The molecule has 0 aromatic rings. The van der Waals surface area contributed by atoms with Gasteiger partial charge >= 0.3 is 0 Å². The van der Waals surface area contributed by atoms with Gasteiger partial charge in [0.15, 0.2) is 0 Å². The molecule has 0 aromatic carbocycles. The van der Waals surface area contributed by atoms with E-state index in [1.54, 1.807) is 9.80 Å². The Morgan fingerprint density at radius 2 is 1.76 bits per heavy atom. The summed E-state index contributed by atoms with van der Waals surface area (Å²) in [6, 6.07) is 0. The molecule has 0 radical (unpaired) electrons. The Kier molecular flexibility index (Phi) is 4.84. The summed E-state index contributed by atoms with van der Waals surface area (Å²) in [5.41, 5.74) is 0. The second-order valence-electron chi connectivity index (χ2n) is 5.49. The average molecular weight is 318 g/mol. The van der Waals surface area contributed by atoms with E-state index in [-0.39, 0.29) is 18.4 Å². The molecule has 21 heavy (non-hydrogen) atoms. The van der Waals surface area contributed by atoms with E-state index in [1.165, 1.54) is 22.7 Å². The van der Waals surface area contributed by atoms with Crippen LogP contribution in [0.3, 0.4) is 0 Å². The number of hydrogen-bond acceptors (Lipinski definition) is 4. The Balaban J connectivity index is 1.86. The summed E-state index contributed by atoms with van der Waals surface area (Å²) in [4.78, 5) is 26.9. The topological polar surface area (TPSA) is 81.2 Å². The van der Waals surface area contributed by atoms with Crippen LogP contribution in [0.1, 0.15) is 12.8 Å². The molecule has 0 spiro atoms. The van der Waals surface area contributed by atoms with Crippen LogP contribution in [-0.4, -0.2) is 92.0 Å². The van der Waals surface area contributed by atoms with Crippen LogP contribution in [0.15, 0.2) is 0 Å². The van der Waals surface area contributed by atoms with E-state index < -0.39 is 10.2 Å². The predicted octanol–water partition coefficient (Wildman–Crippen LogP) is -1.44. The summed E-state index contributed by atoms with van der Waals surface area (Å²) in [7, 11) is -0.432. The van der Waals surface area contributed by atoms with Gasteiger partial charge in [0.25, 0.3) is 10.2 Å². The molecule has 120 valence electrons. The highest BCUT2D eigenvalue weighted by Gasteiger charge is 2.31. The molecule has 0 saturated carbocycles. The first-order valence-electron chi connectivity index (χ1n) is 7.05. The highest BCUT2D eigenvalue weighted by atomic mass is 32.2. The predicted molar refractivity (Wildman–Crippen MR) is 76.6 cm³/mol. The Labute approximate surface area is 125 Å². The quantitative estimate of drug-likeness (QED) is 0.636. The van der Waals surface area contributed by atoms with Gasteiger partial charge in [-0.1, -0.05) is 0 Å². The van der Waals surface area contributed by atoms with Crippen LogP contribution in [-0.2, 0) is 19.8 Å². The highest BCUT2D eigenvalue weighted by Crippen LogP contribution is 2.12. The number of hydrogen-bond donors (Lipinski definition) is 0. The standard InChI is InChI=1S/C12H22N4O4S/c1-13(2)21(19,20)16-8-6-14(7-9-16)12(18)10-15-5-3-4-11(15)17/h3-10H2,1-2H3. The third-order valence-electron chi connectivity index (χ3n) is 3.88. The molecule has 2 saturated heterocycles. The van der Waals surface area contributed by atoms with Gasteiger partial charge in [-0.3, -0.25) is 9.59 Å². The van der Waals surface area contributed by atoms with Crippen molar-refractivity contribution in [3.8, 4) is 0 Å². The number of carbonyl (C=O) groups excluding carboxylic acids is 2. The third-order valence-corrected chi connectivity index (χ3v) is 5.82. The van der Waals surface area contributed by atoms with Crippen molar-refractivity contribution >= 4 is 22.0 Å². The maximum atomic E-state index is 12.1. The van der Waals surface area contributed by atoms with Crippen molar-refractivity contribution in [1.29, 1.82) is 0 Å². The fourth-order valence-corrected chi connectivity index (χ4v) is 3.62. The molecule has 2 rings (SSSR count). The molecule has 2 fully saturated rings. The van der Waals surface area contributed by atoms with Crippen LogP contribution in [0.4, 0.5) is 0 Å². The summed E-state index contributed by atoms with van der Waals surface area (Å²) in [5.74, 6) is -0.0793. The van der Waals surface area contributed by atoms with Gasteiger partial charge in [-0.25, -0.2) is 0 Å². The SMILES string of the molecule is CN(C)S(=O)(=O)N1CCN(C(=O)CN2CCCC2=O)CC1. The van der Waals surface area contributed by atoms with Gasteiger partial charge in [-0.15, -0.1) is 0 Å². The number of piperazine rings is 1. The van der Waals surface area contributed by atoms with Gasteiger partial charge in [0.2, 0.25) is 11.8 Å². The molecule has 9 heteroatoms. The zero-order valence-electron chi connectivity index (χ0n) is 12.5. The van der Waals surface area contributed by atoms with Crippen molar-refractivity contribution in [1.82, 2.24) is 18.4 Å². The largest absolute Gasteiger partial charge is 0.339 e. The lowest BCUT2D eigenvalue weighted by Crippen LogP contribution is -2.54. The van der Waals surface area contributed by atoms with E-state index in [1.807, 2.05) is 0 Å². The molecule has 2 aliphatic rings. The minimum Gasteiger partial charge on any atom is -0.339 e. The lowest BCUT2D eigenvalue weighted by Gasteiger charge is -2.35. The van der Waals surface area contributed by atoms with E-state index in [9.17, 15) is 18.0 Å². The van der Waals surface area contributed by atoms with Gasteiger partial charge in [0, 0.05) is 53.2 Å². The van der Waals surface area contributed by atoms with Crippen LogP contribution in [0.5, 0.6) is 0 Å². The Morgan fingerprint density at radius 1 is 1.14 bits per heavy atom. The monoisotopic (exact) mass is 318 g/mol. The van der Waals surface area contributed by atoms with Gasteiger partial charge in [-0.2, -0.15) is 17.0 Å². The van der Waals surface area contributed by atoms with Crippen LogP contribution >= 0.6 is 0 Å². The maximum Gasteiger partial charge on any atom is 0.281 e. The molecule has 2 heterocycles. The van der Waals surface area contributed by atoms with Crippen molar-refractivity contribution in [3.63, 3.8) is 0 Å². The number of amides is 2. The van der Waals surface area contributed by atoms with Crippen molar-refractivity contribution in [3.05, 3.63) is 0 Å². The summed E-state index contributed by atoms with van der Waals surface area (Å²) in [6.45, 7) is 2.07. The molecule has 0 N–H and O–H groups in total. The fraction of sp³-hybridized carbons (Fsp3) is 0.833. The van der Waals surface area contributed by atoms with Crippen molar-refractivity contribution in [2.45, 2.75) is 12.8 Å². The number of nitrogens with zero attached hydrogens (tertiary/aromatic N) is 4. The second-order valence-corrected chi connectivity index (χ2v) is 7.63. The fourth-order valence-electron chi connectivity index (χ4n) is 2.53. The van der Waals surface area contributed by atoms with Gasteiger partial charge in [-0.05, 0) is 6.42 Å². The van der Waals surface area contributed by atoms with Crippen molar-refractivity contribution in [2.24, 2.45) is 0 Å². The number of rotatable bonds is 4. The first-order chi connectivity index (χ1) is 9.82. The Bertz CT molecular complexity index is 511. The molecule has 0 aliphatic carbocycles. The van der Waals surface area contributed by atoms with E-state index in [0.717, 1.165) is 6.42 Å². The molecule has 0 atom stereocenters. The van der Waals surface area contributed by atoms with Gasteiger partial charge in [0.1, 0.15) is 0 Å². The molecule has 8 nitrogen and oxygen atoms in total. The van der Waals surface area contributed by atoms with Crippen LogP contribution in [0, 0.1) is 0 Å². The second kappa shape index (κ2) is 6.29. The third kappa shape index (κ3) is 3.53. The summed E-state index contributed by atoms with van der Waals surface area (Å²) in [5, 5.41) is 0. The van der Waals surface area contributed by atoms with Gasteiger partial charge in [0.05, 0.1) is 6.54 Å². The van der Waals surface area contributed by atoms with Crippen LogP contribution < -0.4 is 0 Å². The molecule has 2 amide bonds. The zero-order chi connectivity index (χ0) is 15.6. The minimum atomic E-state index is -3.42. The molecular formula is C12H22N4O4S. The summed E-state index contributed by atoms with van der Waals surface area (Å²) >= 11 is 0. The van der Waals surface area contributed by atoms with E-state index in [2.05, 4.69) is 0 Å². The van der Waals surface area contributed by atoms with Crippen LogP contribution in [0.25, 0.3) is 0 Å². The average Bonchev–Trinajstić information content (AvgIpc) is 2.84. The normalized spacial score (nSPS) is 21.4. The molecule has 0 aromatic heterocycles. The molecular weight excluding hydrogens is 296 g/mol. The lowest BCUT2D eigenvalue weighted by atomic mass is 10.3. The summed E-state index contributed by atoms with van der Waals surface area (Å²) in [6.07, 6.45) is 1.32. The molecule has 2 aliphatic heterocycles. The van der Waals surface area contributed by atoms with Crippen LogP contribution in [0.2, 0.25) is 0 Å². The smallest absolute Gasteiger partial charge is 0.281 e. The number of likely N-dealkylation sites (tertiary alicyclic amines) is 1. The van der Waals surface area contributed by atoms with Crippen molar-refractivity contribution < 1.29 is 18.0 Å². The van der Waals surface area contributed by atoms with E-state index in [4.69, 9.17) is 0 Å². The Morgan fingerprint density at radius 3 is 2.24 bits per heavy atom. The Hall–Kier alpha value is -1.19. The van der Waals surface area contributed by atoms with E-state index in [0.29, 0.717) is 39.1 Å². The molecule has 0 bridgehead atoms. The highest BCUT2D eigenvalue weighted by molar-refractivity contribution is 7.86. The first kappa shape index (κ1) is 16.2. The molecule has 0 unspecified atom stereocenters. The number of carbonyl (C=O) groups is 2. The first-order valence-corrected chi connectivity index (χ1v) is 8.45. The maximum absolute atomic E-state index is 12.1. The lowest BCUT2D eigenvalue weighted by molar-refractivity contribution is -0.139. The summed E-state index contributed by atoms with van der Waals surface area (Å²) < 4.78 is 26.5. The minimum absolute atomic E-state index is 0.0252. The van der Waals surface area contributed by atoms with Crippen molar-refractivity contribution in [2.75, 3.05) is 53.4 Å². The van der Waals surface area contributed by atoms with Gasteiger partial charge < -0.3 is 9.80 Å².